The predicted molar refractivity (Wildman–Crippen MR) is 131 cm³/mol. The molecule has 0 unspecified atom stereocenters. The van der Waals surface area contributed by atoms with E-state index in [0.717, 1.165) is 44.8 Å². The van der Waals surface area contributed by atoms with Crippen LogP contribution in [0.1, 0.15) is 29.7 Å². The van der Waals surface area contributed by atoms with Crippen molar-refractivity contribution in [2.45, 2.75) is 32.1 Å². The lowest BCUT2D eigenvalue weighted by Gasteiger charge is -2.31. The molecule has 11 heteroatoms. The van der Waals surface area contributed by atoms with Gasteiger partial charge in [-0.25, -0.2) is 9.97 Å². The minimum absolute atomic E-state index is 0.0422. The minimum Gasteiger partial charge on any atom is -0.494 e. The van der Waals surface area contributed by atoms with Crippen LogP contribution in [0.15, 0.2) is 18.5 Å². The molecule has 1 N–H and O–H groups in total. The number of likely N-dealkylation sites (tertiary alicyclic amines) is 1. The van der Waals surface area contributed by atoms with E-state index < -0.39 is 0 Å². The number of piperidine rings is 1. The zero-order valence-electron chi connectivity index (χ0n) is 18.5. The number of hydrogen-bond donors (Lipinski definition) is 1. The second-order valence-electron chi connectivity index (χ2n) is 8.63. The van der Waals surface area contributed by atoms with Gasteiger partial charge < -0.3 is 15.0 Å². The largest absolute Gasteiger partial charge is 0.494 e. The van der Waals surface area contributed by atoms with Crippen LogP contribution in [-0.4, -0.2) is 56.3 Å². The first-order valence-corrected chi connectivity index (χ1v) is 12.8. The van der Waals surface area contributed by atoms with Gasteiger partial charge in [-0.15, -0.1) is 16.4 Å². The molecule has 2 aliphatic rings. The number of carbonyl (C=O) groups excluding carboxylic acids is 2. The number of ketones is 1. The molecule has 4 heterocycles. The molecule has 6 rings (SSSR count). The molecule has 0 saturated carbocycles. The molecule has 1 aromatic carbocycles. The summed E-state index contributed by atoms with van der Waals surface area (Å²) in [5.41, 5.74) is 2.81. The topological polar surface area (TPSA) is 110 Å². The van der Waals surface area contributed by atoms with Crippen LogP contribution in [0.5, 0.6) is 5.75 Å². The maximum atomic E-state index is 13.1. The molecule has 1 saturated heterocycles. The number of benzene rings is 1. The predicted octanol–water partition coefficient (Wildman–Crippen LogP) is 3.74. The number of hydrogen-bond acceptors (Lipinski definition) is 10. The molecule has 1 fully saturated rings. The van der Waals surface area contributed by atoms with Crippen LogP contribution in [0.3, 0.4) is 0 Å². The maximum absolute atomic E-state index is 13.1. The van der Waals surface area contributed by atoms with Gasteiger partial charge in [0.15, 0.2) is 0 Å². The van der Waals surface area contributed by atoms with E-state index in [2.05, 4.69) is 24.9 Å². The fourth-order valence-electron chi connectivity index (χ4n) is 4.85. The van der Waals surface area contributed by atoms with E-state index in [9.17, 15) is 9.59 Å². The van der Waals surface area contributed by atoms with Crippen LogP contribution in [0, 0.1) is 5.92 Å². The molecule has 4 aromatic rings. The van der Waals surface area contributed by atoms with Gasteiger partial charge >= 0.3 is 0 Å². The normalized spacial score (nSPS) is 18.3. The second kappa shape index (κ2) is 8.55. The minimum atomic E-state index is -0.0422. The van der Waals surface area contributed by atoms with E-state index in [-0.39, 0.29) is 17.6 Å². The van der Waals surface area contributed by atoms with Crippen LogP contribution in [-0.2, 0) is 22.4 Å². The van der Waals surface area contributed by atoms with Crippen molar-refractivity contribution in [3.8, 4) is 5.75 Å². The Morgan fingerprint density at radius 2 is 2.06 bits per heavy atom. The molecule has 34 heavy (non-hydrogen) atoms. The lowest BCUT2D eigenvalue weighted by atomic mass is 9.86. The van der Waals surface area contributed by atoms with Gasteiger partial charge in [-0.3, -0.25) is 9.59 Å². The number of nitrogens with one attached hydrogen (secondary N) is 1. The van der Waals surface area contributed by atoms with Gasteiger partial charge in [0.2, 0.25) is 5.91 Å². The van der Waals surface area contributed by atoms with Gasteiger partial charge in [-0.05, 0) is 42.4 Å². The first-order chi connectivity index (χ1) is 16.6. The maximum Gasteiger partial charge on any atom is 0.226 e. The number of anilines is 2. The highest BCUT2D eigenvalue weighted by molar-refractivity contribution is 7.19. The van der Waals surface area contributed by atoms with E-state index in [1.165, 1.54) is 22.0 Å². The van der Waals surface area contributed by atoms with Crippen molar-refractivity contribution in [1.29, 1.82) is 0 Å². The van der Waals surface area contributed by atoms with Gasteiger partial charge in [-0.2, -0.15) is 0 Å². The summed E-state index contributed by atoms with van der Waals surface area (Å²) in [7, 11) is 1.63. The third kappa shape index (κ3) is 3.68. The Morgan fingerprint density at radius 3 is 2.88 bits per heavy atom. The van der Waals surface area contributed by atoms with Crippen LogP contribution in [0.25, 0.3) is 20.4 Å². The summed E-state index contributed by atoms with van der Waals surface area (Å²) in [6.45, 7) is 1.10. The number of nitrogens with zero attached hydrogens (tertiary/aromatic N) is 5. The van der Waals surface area contributed by atoms with Crippen LogP contribution >= 0.6 is 22.9 Å². The number of thiophene rings is 1. The smallest absolute Gasteiger partial charge is 0.226 e. The number of ether oxygens (including phenoxy) is 1. The van der Waals surface area contributed by atoms with Crippen LogP contribution in [0.2, 0.25) is 0 Å². The second-order valence-corrected chi connectivity index (χ2v) is 10.5. The standard InChI is InChI=1S/C23H22N6O3S2/c1-32-17-9-16-19(34-28-27-16)10-15(17)26-21-20-14-3-2-12(8-18(14)33-22(20)25-11-24-21)23(31)29-6-4-13(30)5-7-29/h9-12H,2-8H2,1H3,(H,24,25,26)/t12-/m0/s1. The monoisotopic (exact) mass is 494 g/mol. The number of aryl methyl sites for hydroxylation is 1. The van der Waals surface area contributed by atoms with E-state index in [1.54, 1.807) is 24.8 Å². The van der Waals surface area contributed by atoms with Crippen molar-refractivity contribution in [2.75, 3.05) is 25.5 Å². The van der Waals surface area contributed by atoms with Crippen molar-refractivity contribution in [1.82, 2.24) is 24.5 Å². The quantitative estimate of drug-likeness (QED) is 0.457. The van der Waals surface area contributed by atoms with E-state index in [1.807, 2.05) is 17.0 Å². The number of methoxy groups -OCH3 is 1. The van der Waals surface area contributed by atoms with Gasteiger partial charge in [-0.1, -0.05) is 4.49 Å². The highest BCUT2D eigenvalue weighted by atomic mass is 32.1. The number of rotatable bonds is 4. The SMILES string of the molecule is COc1cc2nnsc2cc1Nc1ncnc2sc3c(c12)CC[C@H](C(=O)N1CCC(=O)CC1)C3. The van der Waals surface area contributed by atoms with E-state index >= 15 is 0 Å². The highest BCUT2D eigenvalue weighted by Crippen LogP contribution is 2.42. The Labute approximate surface area is 203 Å². The third-order valence-corrected chi connectivity index (χ3v) is 8.50. The summed E-state index contributed by atoms with van der Waals surface area (Å²) >= 11 is 2.97. The molecule has 3 aromatic heterocycles. The van der Waals surface area contributed by atoms with Crippen molar-refractivity contribution in [3.63, 3.8) is 0 Å². The summed E-state index contributed by atoms with van der Waals surface area (Å²) < 4.78 is 10.6. The molecular formula is C23H22N6O3S2. The Hall–Kier alpha value is -3.18. The number of aromatic nitrogens is 4. The molecule has 0 spiro atoms. The van der Waals surface area contributed by atoms with Crippen molar-refractivity contribution in [2.24, 2.45) is 5.92 Å². The number of fused-ring (bicyclic) bond motifs is 4. The molecule has 0 radical (unpaired) electrons. The summed E-state index contributed by atoms with van der Waals surface area (Å²) in [5, 5.41) is 8.59. The van der Waals surface area contributed by atoms with Gasteiger partial charge in [0.05, 0.1) is 22.9 Å². The zero-order valence-corrected chi connectivity index (χ0v) is 20.2. The van der Waals surface area contributed by atoms with Crippen molar-refractivity contribution < 1.29 is 14.3 Å². The number of Topliss-reactive ketones (excluding diaryl/α,β-unsaturated/α-hetero) is 1. The van der Waals surface area contributed by atoms with Crippen molar-refractivity contribution in [3.05, 3.63) is 28.9 Å². The van der Waals surface area contributed by atoms with Gasteiger partial charge in [0.25, 0.3) is 0 Å². The fraction of sp³-hybridized carbons (Fsp3) is 0.391. The lowest BCUT2D eigenvalue weighted by Crippen LogP contribution is -2.43. The summed E-state index contributed by atoms with van der Waals surface area (Å²) in [4.78, 5) is 37.7. The summed E-state index contributed by atoms with van der Waals surface area (Å²) in [6, 6.07) is 3.84. The average Bonchev–Trinajstić information content (AvgIpc) is 3.47. The third-order valence-electron chi connectivity index (χ3n) is 6.65. The molecule has 174 valence electrons. The first kappa shape index (κ1) is 21.4. The Bertz CT molecular complexity index is 1420. The van der Waals surface area contributed by atoms with E-state index in [4.69, 9.17) is 4.74 Å². The summed E-state index contributed by atoms with van der Waals surface area (Å²) in [6.07, 6.45) is 4.82. The van der Waals surface area contributed by atoms with Crippen LogP contribution in [0.4, 0.5) is 11.5 Å². The Balaban J connectivity index is 1.30. The summed E-state index contributed by atoms with van der Waals surface area (Å²) in [5.74, 6) is 1.79. The molecule has 1 aliphatic heterocycles. The molecule has 9 nitrogen and oxygen atoms in total. The molecule has 1 aliphatic carbocycles. The molecule has 1 atom stereocenters. The Morgan fingerprint density at radius 1 is 1.21 bits per heavy atom. The van der Waals surface area contributed by atoms with Gasteiger partial charge in [0, 0.05) is 42.8 Å². The fourth-order valence-corrected chi connectivity index (χ4v) is 6.70. The molecule has 1 amide bonds. The number of carbonyl (C=O) groups is 2. The highest BCUT2D eigenvalue weighted by Gasteiger charge is 2.33. The lowest BCUT2D eigenvalue weighted by molar-refractivity contribution is -0.138. The number of amides is 1. The van der Waals surface area contributed by atoms with E-state index in [0.29, 0.717) is 38.1 Å². The molecule has 0 bridgehead atoms. The van der Waals surface area contributed by atoms with Crippen molar-refractivity contribution >= 4 is 66.5 Å². The first-order valence-electron chi connectivity index (χ1n) is 11.2. The zero-order chi connectivity index (χ0) is 23.2. The molecular weight excluding hydrogens is 472 g/mol. The Kier molecular flexibility index (Phi) is 5.37. The average molecular weight is 495 g/mol. The van der Waals surface area contributed by atoms with Crippen LogP contribution < -0.4 is 10.1 Å². The van der Waals surface area contributed by atoms with Gasteiger partial charge in [0.1, 0.15) is 34.0 Å².